The summed E-state index contributed by atoms with van der Waals surface area (Å²) in [6, 6.07) is 2.22. The molecule has 0 radical (unpaired) electrons. The first kappa shape index (κ1) is 16.0. The van der Waals surface area contributed by atoms with Gasteiger partial charge in [-0.05, 0) is 12.1 Å². The van der Waals surface area contributed by atoms with Crippen LogP contribution < -0.4 is 21.5 Å². The molecule has 0 bridgehead atoms. The summed E-state index contributed by atoms with van der Waals surface area (Å²) < 4.78 is 4.89. The van der Waals surface area contributed by atoms with E-state index in [9.17, 15) is 14.4 Å². The molecule has 0 fully saturated rings. The number of guanidine groups is 1. The molecular formula is C12H14N4O5. The minimum atomic E-state index is -1.27. The van der Waals surface area contributed by atoms with Gasteiger partial charge in [-0.3, -0.25) is 9.59 Å². The summed E-state index contributed by atoms with van der Waals surface area (Å²) in [6.07, 6.45) is 0. The molecular weight excluding hydrogens is 280 g/mol. The van der Waals surface area contributed by atoms with Crippen molar-refractivity contribution in [2.24, 2.45) is 16.5 Å². The first-order valence-electron chi connectivity index (χ1n) is 5.67. The second kappa shape index (κ2) is 6.37. The Labute approximate surface area is 119 Å². The molecule has 6 N–H and O–H groups in total. The summed E-state index contributed by atoms with van der Waals surface area (Å²) in [5.41, 5.74) is 10.3. The Kier molecular flexibility index (Phi) is 4.84. The van der Waals surface area contributed by atoms with E-state index in [1.807, 2.05) is 0 Å². The zero-order valence-electron chi connectivity index (χ0n) is 11.3. The van der Waals surface area contributed by atoms with Crippen LogP contribution in [-0.4, -0.2) is 28.9 Å². The van der Waals surface area contributed by atoms with Crippen LogP contribution in [0.3, 0.4) is 0 Å². The van der Waals surface area contributed by atoms with E-state index in [0.717, 1.165) is 19.1 Å². The van der Waals surface area contributed by atoms with Crippen molar-refractivity contribution in [3.63, 3.8) is 0 Å². The normalized spacial score (nSPS) is 9.62. The van der Waals surface area contributed by atoms with Gasteiger partial charge >= 0.3 is 11.9 Å². The smallest absolute Gasteiger partial charge is 0.335 e. The highest BCUT2D eigenvalue weighted by Crippen LogP contribution is 2.36. The molecule has 1 aromatic carbocycles. The molecule has 0 heterocycles. The molecule has 21 heavy (non-hydrogen) atoms. The summed E-state index contributed by atoms with van der Waals surface area (Å²) in [6.45, 7) is 2.35. The fraction of sp³-hybridized carbons (Fsp3) is 0.167. The molecule has 0 aliphatic rings. The van der Waals surface area contributed by atoms with Crippen LogP contribution in [0.1, 0.15) is 24.2 Å². The van der Waals surface area contributed by atoms with Crippen molar-refractivity contribution in [2.45, 2.75) is 13.8 Å². The number of carbonyl (C=O) groups is 3. The Hall–Kier alpha value is -3.10. The molecule has 0 aliphatic heterocycles. The number of nitrogens with one attached hydrogen (secondary N) is 1. The van der Waals surface area contributed by atoms with Crippen LogP contribution in [0.2, 0.25) is 0 Å². The fourth-order valence-corrected chi connectivity index (χ4v) is 1.49. The first-order valence-corrected chi connectivity index (χ1v) is 5.67. The maximum absolute atomic E-state index is 11.2. The number of nitrogens with zero attached hydrogens (tertiary/aromatic N) is 1. The van der Waals surface area contributed by atoms with E-state index in [-0.39, 0.29) is 28.6 Å². The Morgan fingerprint density at radius 3 is 2.29 bits per heavy atom. The Morgan fingerprint density at radius 1 is 1.24 bits per heavy atom. The standard InChI is InChI=1S/C12H14N4O5/c1-5(17)15-10-8(16-12(13)14)3-7(11(19)20)4-9(10)21-6(2)18/h3-4H,1-2H3,(H,15,17)(H,19,20)(H4,13,14,16). The molecule has 0 unspecified atom stereocenters. The van der Waals surface area contributed by atoms with Gasteiger partial charge in [0.05, 0.1) is 11.3 Å². The number of rotatable bonds is 4. The second-order valence-corrected chi connectivity index (χ2v) is 3.99. The summed E-state index contributed by atoms with van der Waals surface area (Å²) in [4.78, 5) is 37.1. The van der Waals surface area contributed by atoms with Crippen LogP contribution in [0, 0.1) is 0 Å². The Morgan fingerprint density at radius 2 is 1.86 bits per heavy atom. The molecule has 0 atom stereocenters. The molecule has 9 nitrogen and oxygen atoms in total. The number of aliphatic imine (C=N–C) groups is 1. The number of carboxylic acids is 1. The minimum Gasteiger partial charge on any atom is -0.478 e. The molecule has 1 rings (SSSR count). The maximum Gasteiger partial charge on any atom is 0.335 e. The van der Waals surface area contributed by atoms with Gasteiger partial charge in [0, 0.05) is 13.8 Å². The highest BCUT2D eigenvalue weighted by Gasteiger charge is 2.18. The predicted molar refractivity (Wildman–Crippen MR) is 74.5 cm³/mol. The third-order valence-electron chi connectivity index (χ3n) is 2.13. The number of benzene rings is 1. The topological polar surface area (TPSA) is 157 Å². The van der Waals surface area contributed by atoms with E-state index < -0.39 is 17.8 Å². The van der Waals surface area contributed by atoms with Crippen LogP contribution in [0.5, 0.6) is 5.75 Å². The van der Waals surface area contributed by atoms with Crippen molar-refractivity contribution >= 4 is 35.2 Å². The van der Waals surface area contributed by atoms with Gasteiger partial charge in [-0.25, -0.2) is 9.79 Å². The number of hydrogen-bond acceptors (Lipinski definition) is 5. The van der Waals surface area contributed by atoms with Crippen molar-refractivity contribution in [3.8, 4) is 5.75 Å². The second-order valence-electron chi connectivity index (χ2n) is 3.99. The van der Waals surface area contributed by atoms with Gasteiger partial charge in [-0.1, -0.05) is 0 Å². The average molecular weight is 294 g/mol. The van der Waals surface area contributed by atoms with Crippen molar-refractivity contribution in [1.82, 2.24) is 0 Å². The minimum absolute atomic E-state index is 0.00361. The molecule has 9 heteroatoms. The molecule has 0 spiro atoms. The molecule has 0 aromatic heterocycles. The van der Waals surface area contributed by atoms with E-state index in [1.54, 1.807) is 0 Å². The van der Waals surface area contributed by atoms with Crippen molar-refractivity contribution in [1.29, 1.82) is 0 Å². The average Bonchev–Trinajstić information content (AvgIpc) is 2.30. The number of carbonyl (C=O) groups excluding carboxylic acids is 2. The van der Waals surface area contributed by atoms with Gasteiger partial charge in [0.1, 0.15) is 5.69 Å². The highest BCUT2D eigenvalue weighted by molar-refractivity contribution is 5.99. The molecule has 1 amide bonds. The number of ether oxygens (including phenoxy) is 1. The lowest BCUT2D eigenvalue weighted by molar-refractivity contribution is -0.131. The number of carboxylic acid groups (broad SMARTS) is 1. The number of nitrogens with two attached hydrogens (primary N) is 2. The van der Waals surface area contributed by atoms with Crippen molar-refractivity contribution in [2.75, 3.05) is 5.32 Å². The van der Waals surface area contributed by atoms with Gasteiger partial charge in [0.2, 0.25) is 5.91 Å². The summed E-state index contributed by atoms with van der Waals surface area (Å²) >= 11 is 0. The number of hydrogen-bond donors (Lipinski definition) is 4. The number of amides is 1. The Balaban J connectivity index is 3.58. The van der Waals surface area contributed by atoms with Crippen molar-refractivity contribution in [3.05, 3.63) is 17.7 Å². The number of esters is 1. The van der Waals surface area contributed by atoms with E-state index in [2.05, 4.69) is 10.3 Å². The molecule has 112 valence electrons. The predicted octanol–water partition coefficient (Wildman–Crippen LogP) is 0.173. The van der Waals surface area contributed by atoms with Crippen LogP contribution in [0.25, 0.3) is 0 Å². The molecule has 0 saturated heterocycles. The van der Waals surface area contributed by atoms with E-state index in [0.29, 0.717) is 0 Å². The summed E-state index contributed by atoms with van der Waals surface area (Å²) in [7, 11) is 0. The van der Waals surface area contributed by atoms with Crippen LogP contribution in [-0.2, 0) is 9.59 Å². The molecule has 1 aromatic rings. The van der Waals surface area contributed by atoms with Gasteiger partial charge in [0.15, 0.2) is 11.7 Å². The van der Waals surface area contributed by atoms with Gasteiger partial charge in [-0.2, -0.15) is 0 Å². The van der Waals surface area contributed by atoms with Gasteiger partial charge in [0.25, 0.3) is 0 Å². The lowest BCUT2D eigenvalue weighted by Gasteiger charge is -2.13. The fourth-order valence-electron chi connectivity index (χ4n) is 1.49. The third-order valence-corrected chi connectivity index (χ3v) is 2.13. The Bertz CT molecular complexity index is 635. The number of aromatic carboxylic acids is 1. The van der Waals surface area contributed by atoms with Crippen LogP contribution in [0.15, 0.2) is 17.1 Å². The van der Waals surface area contributed by atoms with Gasteiger partial charge < -0.3 is 26.6 Å². The zero-order chi connectivity index (χ0) is 16.2. The van der Waals surface area contributed by atoms with Crippen molar-refractivity contribution < 1.29 is 24.2 Å². The first-order chi connectivity index (χ1) is 9.70. The largest absolute Gasteiger partial charge is 0.478 e. The van der Waals surface area contributed by atoms with Crippen LogP contribution in [0.4, 0.5) is 11.4 Å². The molecule has 0 aliphatic carbocycles. The third kappa shape index (κ3) is 4.49. The summed E-state index contributed by atoms with van der Waals surface area (Å²) in [5, 5.41) is 11.4. The maximum atomic E-state index is 11.2. The highest BCUT2D eigenvalue weighted by atomic mass is 16.5. The molecule has 0 saturated carbocycles. The lowest BCUT2D eigenvalue weighted by atomic mass is 10.1. The zero-order valence-corrected chi connectivity index (χ0v) is 11.3. The van der Waals surface area contributed by atoms with Crippen LogP contribution >= 0.6 is 0 Å². The van der Waals surface area contributed by atoms with E-state index in [4.69, 9.17) is 21.3 Å². The van der Waals surface area contributed by atoms with E-state index in [1.165, 1.54) is 6.92 Å². The number of anilines is 1. The van der Waals surface area contributed by atoms with Gasteiger partial charge in [-0.15, -0.1) is 0 Å². The summed E-state index contributed by atoms with van der Waals surface area (Å²) in [5.74, 6) is -2.96. The van der Waals surface area contributed by atoms with E-state index >= 15 is 0 Å². The monoisotopic (exact) mass is 294 g/mol. The SMILES string of the molecule is CC(=O)Nc1c(N=C(N)N)cc(C(=O)O)cc1OC(C)=O. The quantitative estimate of drug-likeness (QED) is 0.267. The lowest BCUT2D eigenvalue weighted by Crippen LogP contribution is -2.22.